The summed E-state index contributed by atoms with van der Waals surface area (Å²) in [5.74, 6) is 1.13. The number of hydrogen-bond acceptors (Lipinski definition) is 3. The Labute approximate surface area is 97.0 Å². The van der Waals surface area contributed by atoms with Crippen LogP contribution < -0.4 is 5.32 Å². The van der Waals surface area contributed by atoms with Crippen molar-refractivity contribution in [3.8, 4) is 0 Å². The SMILES string of the molecule is CC1(C)CSC(c2ccc(Br)cn2)N1. The molecule has 0 amide bonds. The van der Waals surface area contributed by atoms with Crippen LogP contribution in [0.2, 0.25) is 0 Å². The first kappa shape index (κ1) is 10.5. The maximum atomic E-state index is 4.40. The standard InChI is InChI=1S/C10H13BrN2S/c1-10(2)6-14-9(13-10)8-4-3-7(11)5-12-8/h3-5,9,13H,6H2,1-2H3. The van der Waals surface area contributed by atoms with Gasteiger partial charge in [0.05, 0.1) is 11.1 Å². The number of halogens is 1. The lowest BCUT2D eigenvalue weighted by Crippen LogP contribution is -2.36. The molecule has 1 aliphatic rings. The van der Waals surface area contributed by atoms with Crippen LogP contribution in [0, 0.1) is 0 Å². The Kier molecular flexibility index (Phi) is 2.86. The molecular formula is C10H13BrN2S. The second kappa shape index (κ2) is 3.83. The largest absolute Gasteiger partial charge is 0.294 e. The highest BCUT2D eigenvalue weighted by atomic mass is 79.9. The van der Waals surface area contributed by atoms with E-state index in [9.17, 15) is 0 Å². The van der Waals surface area contributed by atoms with Crippen LogP contribution in [-0.2, 0) is 0 Å². The van der Waals surface area contributed by atoms with Crippen molar-refractivity contribution in [2.75, 3.05) is 5.75 Å². The third-order valence-corrected chi connectivity index (χ3v) is 4.20. The number of nitrogens with zero attached hydrogens (tertiary/aromatic N) is 1. The summed E-state index contributed by atoms with van der Waals surface area (Å²) in [4.78, 5) is 4.40. The van der Waals surface area contributed by atoms with Crippen molar-refractivity contribution in [1.82, 2.24) is 10.3 Å². The molecule has 1 N–H and O–H groups in total. The van der Waals surface area contributed by atoms with Crippen LogP contribution in [-0.4, -0.2) is 16.3 Å². The van der Waals surface area contributed by atoms with Crippen LogP contribution in [0.1, 0.15) is 24.9 Å². The number of aromatic nitrogens is 1. The van der Waals surface area contributed by atoms with E-state index in [0.717, 1.165) is 15.9 Å². The maximum Gasteiger partial charge on any atom is 0.0967 e. The fourth-order valence-electron chi connectivity index (χ4n) is 1.43. The lowest BCUT2D eigenvalue weighted by atomic mass is 10.1. The molecule has 1 fully saturated rings. The molecule has 14 heavy (non-hydrogen) atoms. The van der Waals surface area contributed by atoms with Crippen LogP contribution in [0.5, 0.6) is 0 Å². The van der Waals surface area contributed by atoms with E-state index in [-0.39, 0.29) is 5.54 Å². The fraction of sp³-hybridized carbons (Fsp3) is 0.500. The number of thioether (sulfide) groups is 1. The summed E-state index contributed by atoms with van der Waals surface area (Å²) in [6.45, 7) is 4.44. The summed E-state index contributed by atoms with van der Waals surface area (Å²) in [5.41, 5.74) is 1.34. The molecule has 2 rings (SSSR count). The number of pyridine rings is 1. The first-order chi connectivity index (χ1) is 6.57. The molecule has 0 spiro atoms. The molecule has 0 bridgehead atoms. The van der Waals surface area contributed by atoms with Gasteiger partial charge in [0.1, 0.15) is 0 Å². The van der Waals surface area contributed by atoms with Crippen LogP contribution in [0.15, 0.2) is 22.8 Å². The summed E-state index contributed by atoms with van der Waals surface area (Å²) in [6.07, 6.45) is 1.85. The van der Waals surface area contributed by atoms with Crippen molar-refractivity contribution >= 4 is 27.7 Å². The first-order valence-electron chi connectivity index (χ1n) is 4.58. The average molecular weight is 273 g/mol. The Bertz CT molecular complexity index is 323. The normalized spacial score (nSPS) is 25.2. The van der Waals surface area contributed by atoms with Gasteiger partial charge in [-0.2, -0.15) is 0 Å². The molecule has 1 aromatic rings. The lowest BCUT2D eigenvalue weighted by Gasteiger charge is -2.18. The zero-order valence-electron chi connectivity index (χ0n) is 8.25. The molecule has 2 nitrogen and oxygen atoms in total. The van der Waals surface area contributed by atoms with Crippen LogP contribution >= 0.6 is 27.7 Å². The minimum Gasteiger partial charge on any atom is -0.294 e. The van der Waals surface area contributed by atoms with E-state index in [1.54, 1.807) is 0 Å². The van der Waals surface area contributed by atoms with Crippen LogP contribution in [0.4, 0.5) is 0 Å². The maximum absolute atomic E-state index is 4.40. The Morgan fingerprint density at radius 2 is 2.36 bits per heavy atom. The van der Waals surface area contributed by atoms with E-state index in [2.05, 4.69) is 46.1 Å². The molecular weight excluding hydrogens is 260 g/mol. The van der Waals surface area contributed by atoms with Crippen LogP contribution in [0.3, 0.4) is 0 Å². The van der Waals surface area contributed by atoms with Gasteiger partial charge in [-0.05, 0) is 41.9 Å². The van der Waals surface area contributed by atoms with E-state index >= 15 is 0 Å². The van der Waals surface area contributed by atoms with E-state index in [1.807, 2.05) is 24.0 Å². The number of nitrogens with one attached hydrogen (secondary N) is 1. The van der Waals surface area contributed by atoms with Gasteiger partial charge in [-0.15, -0.1) is 11.8 Å². The first-order valence-corrected chi connectivity index (χ1v) is 6.42. The molecule has 1 aromatic heterocycles. The van der Waals surface area contributed by atoms with Gasteiger partial charge in [0.15, 0.2) is 0 Å². The van der Waals surface area contributed by atoms with Crippen molar-refractivity contribution in [2.24, 2.45) is 0 Å². The Morgan fingerprint density at radius 1 is 1.57 bits per heavy atom. The van der Waals surface area contributed by atoms with Gasteiger partial charge < -0.3 is 0 Å². The molecule has 76 valence electrons. The minimum absolute atomic E-state index is 0.226. The van der Waals surface area contributed by atoms with Crippen LogP contribution in [0.25, 0.3) is 0 Å². The van der Waals surface area contributed by atoms with Gasteiger partial charge in [-0.3, -0.25) is 10.3 Å². The Hall–Kier alpha value is -0.0600. The molecule has 1 aliphatic heterocycles. The van der Waals surface area contributed by atoms with Gasteiger partial charge in [0, 0.05) is 22.0 Å². The lowest BCUT2D eigenvalue weighted by molar-refractivity contribution is 0.449. The predicted molar refractivity (Wildman–Crippen MR) is 64.4 cm³/mol. The Balaban J connectivity index is 2.14. The zero-order chi connectivity index (χ0) is 10.2. The molecule has 2 heterocycles. The third kappa shape index (κ3) is 2.30. The Morgan fingerprint density at radius 3 is 2.86 bits per heavy atom. The van der Waals surface area contributed by atoms with Gasteiger partial charge >= 0.3 is 0 Å². The van der Waals surface area contributed by atoms with Crippen molar-refractivity contribution in [2.45, 2.75) is 24.8 Å². The monoisotopic (exact) mass is 272 g/mol. The van der Waals surface area contributed by atoms with Crippen molar-refractivity contribution in [3.63, 3.8) is 0 Å². The molecule has 0 radical (unpaired) electrons. The van der Waals surface area contributed by atoms with Crippen molar-refractivity contribution in [3.05, 3.63) is 28.5 Å². The van der Waals surface area contributed by atoms with E-state index < -0.39 is 0 Å². The number of rotatable bonds is 1. The molecule has 1 saturated heterocycles. The summed E-state index contributed by atoms with van der Waals surface area (Å²) >= 11 is 5.31. The highest BCUT2D eigenvalue weighted by Gasteiger charge is 2.31. The van der Waals surface area contributed by atoms with E-state index in [1.165, 1.54) is 0 Å². The summed E-state index contributed by atoms with van der Waals surface area (Å²) in [5, 5.41) is 3.90. The highest BCUT2D eigenvalue weighted by Crippen LogP contribution is 2.36. The average Bonchev–Trinajstić information content (AvgIpc) is 2.47. The molecule has 1 unspecified atom stereocenters. The second-order valence-electron chi connectivity index (χ2n) is 4.12. The van der Waals surface area contributed by atoms with Gasteiger partial charge in [-0.1, -0.05) is 0 Å². The molecule has 0 saturated carbocycles. The van der Waals surface area contributed by atoms with E-state index in [0.29, 0.717) is 5.37 Å². The fourth-order valence-corrected chi connectivity index (χ4v) is 3.05. The second-order valence-corrected chi connectivity index (χ2v) is 6.13. The quantitative estimate of drug-likeness (QED) is 0.851. The summed E-state index contributed by atoms with van der Waals surface area (Å²) in [6, 6.07) is 4.10. The van der Waals surface area contributed by atoms with Gasteiger partial charge in [-0.25, -0.2) is 0 Å². The van der Waals surface area contributed by atoms with Crippen molar-refractivity contribution < 1.29 is 0 Å². The highest BCUT2D eigenvalue weighted by molar-refractivity contribution is 9.10. The summed E-state index contributed by atoms with van der Waals surface area (Å²) in [7, 11) is 0. The number of hydrogen-bond donors (Lipinski definition) is 1. The minimum atomic E-state index is 0.226. The summed E-state index contributed by atoms with van der Waals surface area (Å²) < 4.78 is 1.03. The smallest absolute Gasteiger partial charge is 0.0967 e. The van der Waals surface area contributed by atoms with E-state index in [4.69, 9.17) is 0 Å². The predicted octanol–water partition coefficient (Wildman–Crippen LogP) is 2.96. The molecule has 0 aromatic carbocycles. The molecule has 1 atom stereocenters. The third-order valence-electron chi connectivity index (χ3n) is 2.15. The van der Waals surface area contributed by atoms with Gasteiger partial charge in [0.2, 0.25) is 0 Å². The van der Waals surface area contributed by atoms with Crippen molar-refractivity contribution in [1.29, 1.82) is 0 Å². The molecule has 0 aliphatic carbocycles. The topological polar surface area (TPSA) is 24.9 Å². The zero-order valence-corrected chi connectivity index (χ0v) is 10.7. The molecule has 4 heteroatoms. The van der Waals surface area contributed by atoms with Gasteiger partial charge in [0.25, 0.3) is 0 Å².